The first-order valence-corrected chi connectivity index (χ1v) is 6.15. The molecule has 17 heavy (non-hydrogen) atoms. The van der Waals surface area contributed by atoms with Gasteiger partial charge in [0.15, 0.2) is 0 Å². The summed E-state index contributed by atoms with van der Waals surface area (Å²) < 4.78 is 5.50. The highest BCUT2D eigenvalue weighted by molar-refractivity contribution is 6.67. The molecule has 1 rings (SSSR count). The van der Waals surface area contributed by atoms with Gasteiger partial charge in [-0.2, -0.15) is 0 Å². The zero-order valence-electron chi connectivity index (χ0n) is 9.69. The maximum atomic E-state index is 10.8. The standard InChI is InChI=1S/C13H17ClO3/c14-13(16)11-5-7-12(8-6-11)17-10-4-2-1-3-9-15/h5-8,15H,1-4,9-10H2. The van der Waals surface area contributed by atoms with Gasteiger partial charge < -0.3 is 9.84 Å². The lowest BCUT2D eigenvalue weighted by Crippen LogP contribution is -1.98. The molecule has 0 heterocycles. The van der Waals surface area contributed by atoms with Crippen molar-refractivity contribution in [3.63, 3.8) is 0 Å². The summed E-state index contributed by atoms with van der Waals surface area (Å²) in [6, 6.07) is 6.78. The van der Waals surface area contributed by atoms with Crippen LogP contribution >= 0.6 is 11.6 Å². The minimum Gasteiger partial charge on any atom is -0.494 e. The van der Waals surface area contributed by atoms with E-state index in [1.165, 1.54) is 0 Å². The van der Waals surface area contributed by atoms with E-state index in [0.29, 0.717) is 12.2 Å². The summed E-state index contributed by atoms with van der Waals surface area (Å²) >= 11 is 5.33. The van der Waals surface area contributed by atoms with Crippen LogP contribution in [0.5, 0.6) is 5.75 Å². The molecule has 0 aliphatic carbocycles. The summed E-state index contributed by atoms with van der Waals surface area (Å²) in [5, 5.41) is 8.14. The zero-order valence-corrected chi connectivity index (χ0v) is 10.4. The molecule has 0 aromatic heterocycles. The van der Waals surface area contributed by atoms with Crippen LogP contribution in [-0.2, 0) is 0 Å². The molecule has 0 aliphatic rings. The van der Waals surface area contributed by atoms with Gasteiger partial charge in [0.2, 0.25) is 0 Å². The van der Waals surface area contributed by atoms with Gasteiger partial charge in [-0.25, -0.2) is 0 Å². The molecular formula is C13H17ClO3. The lowest BCUT2D eigenvalue weighted by molar-refractivity contribution is 0.108. The van der Waals surface area contributed by atoms with Crippen molar-refractivity contribution in [2.45, 2.75) is 25.7 Å². The van der Waals surface area contributed by atoms with E-state index in [1.54, 1.807) is 24.3 Å². The van der Waals surface area contributed by atoms with Crippen LogP contribution in [0.2, 0.25) is 0 Å². The van der Waals surface area contributed by atoms with E-state index in [2.05, 4.69) is 0 Å². The molecule has 0 atom stereocenters. The number of benzene rings is 1. The van der Waals surface area contributed by atoms with Crippen molar-refractivity contribution in [3.8, 4) is 5.75 Å². The molecule has 0 radical (unpaired) electrons. The van der Waals surface area contributed by atoms with Crippen LogP contribution in [0, 0.1) is 0 Å². The lowest BCUT2D eigenvalue weighted by Gasteiger charge is -2.06. The van der Waals surface area contributed by atoms with Crippen molar-refractivity contribution in [2.75, 3.05) is 13.2 Å². The monoisotopic (exact) mass is 256 g/mol. The van der Waals surface area contributed by atoms with Gasteiger partial charge in [-0.05, 0) is 55.1 Å². The molecular weight excluding hydrogens is 240 g/mol. The number of ether oxygens (including phenoxy) is 1. The second-order valence-corrected chi connectivity index (χ2v) is 4.13. The molecule has 0 bridgehead atoms. The maximum absolute atomic E-state index is 10.8. The number of carbonyl (C=O) groups excluding carboxylic acids is 1. The first kappa shape index (κ1) is 14.0. The quantitative estimate of drug-likeness (QED) is 0.575. The van der Waals surface area contributed by atoms with Gasteiger partial charge in [0.1, 0.15) is 5.75 Å². The number of halogens is 1. The van der Waals surface area contributed by atoms with E-state index in [4.69, 9.17) is 21.4 Å². The van der Waals surface area contributed by atoms with E-state index in [1.807, 2.05) is 0 Å². The Morgan fingerprint density at radius 2 is 1.76 bits per heavy atom. The summed E-state index contributed by atoms with van der Waals surface area (Å²) in [6.45, 7) is 0.911. The summed E-state index contributed by atoms with van der Waals surface area (Å²) in [5.74, 6) is 0.744. The van der Waals surface area contributed by atoms with Gasteiger partial charge in [-0.15, -0.1) is 0 Å². The largest absolute Gasteiger partial charge is 0.494 e. The van der Waals surface area contributed by atoms with E-state index >= 15 is 0 Å². The van der Waals surface area contributed by atoms with Crippen LogP contribution in [0.1, 0.15) is 36.0 Å². The molecule has 0 saturated carbocycles. The first-order valence-electron chi connectivity index (χ1n) is 5.77. The molecule has 0 unspecified atom stereocenters. The molecule has 1 aromatic carbocycles. The van der Waals surface area contributed by atoms with Gasteiger partial charge in [-0.3, -0.25) is 4.79 Å². The van der Waals surface area contributed by atoms with Crippen LogP contribution in [0.15, 0.2) is 24.3 Å². The Kier molecular flexibility index (Phi) is 6.67. The van der Waals surface area contributed by atoms with Crippen molar-refractivity contribution < 1.29 is 14.6 Å². The minimum absolute atomic E-state index is 0.259. The molecule has 0 amide bonds. The van der Waals surface area contributed by atoms with Crippen molar-refractivity contribution >= 4 is 16.8 Å². The van der Waals surface area contributed by atoms with Gasteiger partial charge >= 0.3 is 0 Å². The third-order valence-corrected chi connectivity index (χ3v) is 2.62. The Labute approximate surface area is 106 Å². The van der Waals surface area contributed by atoms with Crippen LogP contribution < -0.4 is 4.74 Å². The highest BCUT2D eigenvalue weighted by atomic mass is 35.5. The fourth-order valence-electron chi connectivity index (χ4n) is 1.44. The van der Waals surface area contributed by atoms with Crippen LogP contribution in [0.4, 0.5) is 0 Å². The highest BCUT2D eigenvalue weighted by Gasteiger charge is 2.01. The Hall–Kier alpha value is -1.06. The predicted molar refractivity (Wildman–Crippen MR) is 67.7 cm³/mol. The number of hydrogen-bond acceptors (Lipinski definition) is 3. The topological polar surface area (TPSA) is 46.5 Å². The fraction of sp³-hybridized carbons (Fsp3) is 0.462. The summed E-state index contributed by atoms with van der Waals surface area (Å²) in [4.78, 5) is 10.8. The molecule has 0 saturated heterocycles. The minimum atomic E-state index is -0.458. The van der Waals surface area contributed by atoms with Gasteiger partial charge in [0.05, 0.1) is 6.61 Å². The molecule has 1 N–H and O–H groups in total. The smallest absolute Gasteiger partial charge is 0.252 e. The van der Waals surface area contributed by atoms with Crippen LogP contribution in [0.3, 0.4) is 0 Å². The van der Waals surface area contributed by atoms with E-state index < -0.39 is 5.24 Å². The number of carbonyl (C=O) groups is 1. The van der Waals surface area contributed by atoms with E-state index in [-0.39, 0.29) is 6.61 Å². The van der Waals surface area contributed by atoms with Crippen molar-refractivity contribution in [1.82, 2.24) is 0 Å². The third-order valence-electron chi connectivity index (χ3n) is 2.40. The molecule has 0 aliphatic heterocycles. The molecule has 94 valence electrons. The summed E-state index contributed by atoms with van der Waals surface area (Å²) in [7, 11) is 0. The fourth-order valence-corrected chi connectivity index (χ4v) is 1.57. The zero-order chi connectivity index (χ0) is 12.5. The molecule has 0 fully saturated rings. The average molecular weight is 257 g/mol. The second kappa shape index (κ2) is 8.09. The summed E-state index contributed by atoms with van der Waals surface area (Å²) in [6.07, 6.45) is 3.90. The van der Waals surface area contributed by atoms with Gasteiger partial charge in [0, 0.05) is 12.2 Å². The van der Waals surface area contributed by atoms with Crippen molar-refractivity contribution in [2.24, 2.45) is 0 Å². The third kappa shape index (κ3) is 5.71. The lowest BCUT2D eigenvalue weighted by atomic mass is 10.2. The Balaban J connectivity index is 2.21. The Morgan fingerprint density at radius 1 is 1.12 bits per heavy atom. The van der Waals surface area contributed by atoms with E-state index in [9.17, 15) is 4.79 Å². The first-order chi connectivity index (χ1) is 8.24. The number of unbranched alkanes of at least 4 members (excludes halogenated alkanes) is 3. The average Bonchev–Trinajstić information content (AvgIpc) is 2.34. The Bertz CT molecular complexity index is 335. The Morgan fingerprint density at radius 3 is 2.35 bits per heavy atom. The number of aliphatic hydroxyl groups excluding tert-OH is 1. The van der Waals surface area contributed by atoms with Crippen molar-refractivity contribution in [1.29, 1.82) is 0 Å². The maximum Gasteiger partial charge on any atom is 0.252 e. The highest BCUT2D eigenvalue weighted by Crippen LogP contribution is 2.14. The van der Waals surface area contributed by atoms with E-state index in [0.717, 1.165) is 31.4 Å². The number of rotatable bonds is 8. The molecule has 3 nitrogen and oxygen atoms in total. The van der Waals surface area contributed by atoms with Crippen LogP contribution in [-0.4, -0.2) is 23.6 Å². The van der Waals surface area contributed by atoms with Crippen molar-refractivity contribution in [3.05, 3.63) is 29.8 Å². The van der Waals surface area contributed by atoms with Gasteiger partial charge in [0.25, 0.3) is 5.24 Å². The number of hydrogen-bond donors (Lipinski definition) is 1. The molecule has 1 aromatic rings. The molecule has 0 spiro atoms. The normalized spacial score (nSPS) is 10.2. The summed E-state index contributed by atoms with van der Waals surface area (Å²) in [5.41, 5.74) is 0.474. The predicted octanol–water partition coefficient (Wildman–Crippen LogP) is 3.00. The second-order valence-electron chi connectivity index (χ2n) is 3.78. The SMILES string of the molecule is O=C(Cl)c1ccc(OCCCCCCO)cc1. The van der Waals surface area contributed by atoms with Gasteiger partial charge in [-0.1, -0.05) is 6.42 Å². The number of aliphatic hydroxyl groups is 1. The molecule has 4 heteroatoms. The van der Waals surface area contributed by atoms with Crippen LogP contribution in [0.25, 0.3) is 0 Å².